The van der Waals surface area contributed by atoms with Gasteiger partial charge in [0, 0.05) is 16.6 Å². The molecule has 1 amide bonds. The zero-order valence-corrected chi connectivity index (χ0v) is 14.5. The molecule has 3 rings (SSSR count). The predicted octanol–water partition coefficient (Wildman–Crippen LogP) is 4.34. The van der Waals surface area contributed by atoms with Gasteiger partial charge in [0.2, 0.25) is 0 Å². The summed E-state index contributed by atoms with van der Waals surface area (Å²) in [6, 6.07) is 13.5. The molecule has 0 saturated carbocycles. The molecule has 0 fully saturated rings. The van der Waals surface area contributed by atoms with Crippen molar-refractivity contribution in [2.45, 2.75) is 13.8 Å². The molecule has 2 aromatic carbocycles. The molecule has 0 saturated heterocycles. The van der Waals surface area contributed by atoms with Gasteiger partial charge in [-0.1, -0.05) is 18.1 Å². The number of hydrogen-bond acceptors (Lipinski definition) is 3. The lowest BCUT2D eigenvalue weighted by Crippen LogP contribution is -2.13. The molecular weight excluding hydrogens is 331 g/mol. The van der Waals surface area contributed by atoms with Gasteiger partial charge in [0.15, 0.2) is 11.6 Å². The highest BCUT2D eigenvalue weighted by Crippen LogP contribution is 2.25. The van der Waals surface area contributed by atoms with Gasteiger partial charge in [-0.25, -0.2) is 4.39 Å². The first-order chi connectivity index (χ1) is 12.6. The van der Waals surface area contributed by atoms with Crippen LogP contribution in [-0.4, -0.2) is 17.5 Å². The van der Waals surface area contributed by atoms with Crippen molar-refractivity contribution in [1.29, 1.82) is 0 Å². The minimum atomic E-state index is -0.628. The number of carbonyl (C=O) groups is 1. The summed E-state index contributed by atoms with van der Waals surface area (Å²) in [6.45, 7) is 3.67. The number of pyridine rings is 1. The number of benzene rings is 2. The maximum absolute atomic E-state index is 14.5. The van der Waals surface area contributed by atoms with Gasteiger partial charge in [0.25, 0.3) is 5.91 Å². The van der Waals surface area contributed by atoms with Gasteiger partial charge in [-0.2, -0.15) is 0 Å². The van der Waals surface area contributed by atoms with E-state index in [1.165, 1.54) is 12.1 Å². The van der Waals surface area contributed by atoms with Crippen LogP contribution in [0.1, 0.15) is 23.0 Å². The van der Waals surface area contributed by atoms with Crippen LogP contribution >= 0.6 is 0 Å². The van der Waals surface area contributed by atoms with Crippen LogP contribution in [0.4, 0.5) is 10.1 Å². The van der Waals surface area contributed by atoms with Gasteiger partial charge in [-0.05, 0) is 50.2 Å². The normalized spacial score (nSPS) is 10.1. The van der Waals surface area contributed by atoms with Crippen molar-refractivity contribution >= 4 is 22.5 Å². The third-order valence-corrected chi connectivity index (χ3v) is 3.78. The van der Waals surface area contributed by atoms with Crippen LogP contribution in [-0.2, 0) is 0 Å². The molecule has 0 aliphatic carbocycles. The molecule has 3 aromatic rings. The summed E-state index contributed by atoms with van der Waals surface area (Å²) in [5.41, 5.74) is 2.19. The van der Waals surface area contributed by atoms with E-state index < -0.39 is 11.7 Å². The zero-order chi connectivity index (χ0) is 18.5. The van der Waals surface area contributed by atoms with E-state index in [0.29, 0.717) is 5.56 Å². The first kappa shape index (κ1) is 17.4. The molecular formula is C21H17FN2O2. The summed E-state index contributed by atoms with van der Waals surface area (Å²) in [6.07, 6.45) is 0. The Kier molecular flexibility index (Phi) is 5.14. The van der Waals surface area contributed by atoms with Crippen molar-refractivity contribution in [1.82, 2.24) is 4.98 Å². The molecule has 4 nitrogen and oxygen atoms in total. The van der Waals surface area contributed by atoms with Gasteiger partial charge in [-0.3, -0.25) is 9.78 Å². The topological polar surface area (TPSA) is 51.2 Å². The number of anilines is 1. The molecule has 26 heavy (non-hydrogen) atoms. The summed E-state index contributed by atoms with van der Waals surface area (Å²) < 4.78 is 19.7. The number of fused-ring (bicyclic) bond motifs is 1. The fourth-order valence-electron chi connectivity index (χ4n) is 2.47. The fourth-order valence-corrected chi connectivity index (χ4v) is 2.47. The Balaban J connectivity index is 1.82. The summed E-state index contributed by atoms with van der Waals surface area (Å²) in [5.74, 6) is 4.38. The molecule has 1 N–H and O–H groups in total. The zero-order valence-electron chi connectivity index (χ0n) is 14.5. The lowest BCUT2D eigenvalue weighted by atomic mass is 10.1. The fraction of sp³-hybridized carbons (Fsp3) is 0.143. The highest BCUT2D eigenvalue weighted by atomic mass is 19.1. The van der Waals surface area contributed by atoms with E-state index in [1.807, 2.05) is 19.1 Å². The summed E-state index contributed by atoms with van der Waals surface area (Å²) in [7, 11) is 0. The highest BCUT2D eigenvalue weighted by Gasteiger charge is 2.13. The van der Waals surface area contributed by atoms with Crippen LogP contribution in [0.2, 0.25) is 0 Å². The Hall–Kier alpha value is -3.39. The van der Waals surface area contributed by atoms with Crippen LogP contribution in [0, 0.1) is 24.6 Å². The average molecular weight is 348 g/mol. The highest BCUT2D eigenvalue weighted by molar-refractivity contribution is 6.06. The number of carbonyl (C=O) groups excluding carboxylic acids is 1. The summed E-state index contributed by atoms with van der Waals surface area (Å²) in [5, 5.41) is 3.43. The van der Waals surface area contributed by atoms with Crippen LogP contribution in [0.3, 0.4) is 0 Å². The van der Waals surface area contributed by atoms with Gasteiger partial charge in [0.05, 0.1) is 11.2 Å². The SMILES string of the molecule is CC#CCOc1cccc(NC(=O)c2ccc3nc(C)ccc3c2)c1F. The largest absolute Gasteiger partial charge is 0.478 e. The van der Waals surface area contributed by atoms with Crippen molar-refractivity contribution in [3.63, 3.8) is 0 Å². The van der Waals surface area contributed by atoms with Crippen LogP contribution in [0.5, 0.6) is 5.75 Å². The van der Waals surface area contributed by atoms with Crippen molar-refractivity contribution < 1.29 is 13.9 Å². The second-order valence-electron chi connectivity index (χ2n) is 5.65. The number of aromatic nitrogens is 1. The number of aryl methyl sites for hydroxylation is 1. The van der Waals surface area contributed by atoms with E-state index in [0.717, 1.165) is 16.6 Å². The van der Waals surface area contributed by atoms with Crippen LogP contribution < -0.4 is 10.1 Å². The van der Waals surface area contributed by atoms with Crippen molar-refractivity contribution in [2.75, 3.05) is 11.9 Å². The number of nitrogens with one attached hydrogen (secondary N) is 1. The van der Waals surface area contributed by atoms with Gasteiger partial charge in [0.1, 0.15) is 6.61 Å². The molecule has 0 atom stereocenters. The van der Waals surface area contributed by atoms with E-state index >= 15 is 0 Å². The molecule has 1 aromatic heterocycles. The molecule has 0 radical (unpaired) electrons. The molecule has 0 bridgehead atoms. The predicted molar refractivity (Wildman–Crippen MR) is 99.8 cm³/mol. The maximum Gasteiger partial charge on any atom is 0.255 e. The van der Waals surface area contributed by atoms with Gasteiger partial charge >= 0.3 is 0 Å². The minimum Gasteiger partial charge on any atom is -0.478 e. The number of hydrogen-bond donors (Lipinski definition) is 1. The third kappa shape index (κ3) is 3.81. The number of amides is 1. The smallest absolute Gasteiger partial charge is 0.255 e. The average Bonchev–Trinajstić information content (AvgIpc) is 2.64. The molecule has 1 heterocycles. The maximum atomic E-state index is 14.5. The monoisotopic (exact) mass is 348 g/mol. The Morgan fingerprint density at radius 1 is 1.23 bits per heavy atom. The molecule has 0 aliphatic rings. The van der Waals surface area contributed by atoms with E-state index in [9.17, 15) is 9.18 Å². The first-order valence-corrected chi connectivity index (χ1v) is 8.08. The molecule has 130 valence electrons. The molecule has 0 spiro atoms. The second kappa shape index (κ2) is 7.66. The molecule has 5 heteroatoms. The van der Waals surface area contributed by atoms with Gasteiger partial charge < -0.3 is 10.1 Å². The summed E-state index contributed by atoms with van der Waals surface area (Å²) in [4.78, 5) is 16.9. The number of nitrogens with zero attached hydrogens (tertiary/aromatic N) is 1. The lowest BCUT2D eigenvalue weighted by molar-refractivity contribution is 0.102. The van der Waals surface area contributed by atoms with E-state index in [1.54, 1.807) is 31.2 Å². The summed E-state index contributed by atoms with van der Waals surface area (Å²) >= 11 is 0. The van der Waals surface area contributed by atoms with E-state index in [-0.39, 0.29) is 18.0 Å². The minimum absolute atomic E-state index is 0.0451. The Morgan fingerprint density at radius 2 is 2.08 bits per heavy atom. The van der Waals surface area contributed by atoms with Crippen LogP contribution in [0.15, 0.2) is 48.5 Å². The Morgan fingerprint density at radius 3 is 2.88 bits per heavy atom. The molecule has 0 aliphatic heterocycles. The standard InChI is InChI=1S/C21H17FN2O2/c1-3-4-12-26-19-7-5-6-18(20(19)22)24-21(25)16-10-11-17-15(13-16)9-8-14(2)23-17/h5-11,13H,12H2,1-2H3,(H,24,25). The quantitative estimate of drug-likeness (QED) is 0.714. The van der Waals surface area contributed by atoms with E-state index in [2.05, 4.69) is 22.1 Å². The Labute approximate surface area is 151 Å². The number of rotatable bonds is 4. The Bertz CT molecular complexity index is 1040. The molecule has 0 unspecified atom stereocenters. The number of halogens is 1. The van der Waals surface area contributed by atoms with Crippen molar-refractivity contribution in [3.05, 3.63) is 65.6 Å². The first-order valence-electron chi connectivity index (χ1n) is 8.08. The number of ether oxygens (including phenoxy) is 1. The lowest BCUT2D eigenvalue weighted by Gasteiger charge is -2.10. The third-order valence-electron chi connectivity index (χ3n) is 3.78. The second-order valence-corrected chi connectivity index (χ2v) is 5.65. The van der Waals surface area contributed by atoms with E-state index in [4.69, 9.17) is 4.74 Å². The van der Waals surface area contributed by atoms with Gasteiger partial charge in [-0.15, -0.1) is 5.92 Å². The van der Waals surface area contributed by atoms with Crippen LogP contribution in [0.25, 0.3) is 10.9 Å². The van der Waals surface area contributed by atoms with Crippen molar-refractivity contribution in [3.8, 4) is 17.6 Å². The van der Waals surface area contributed by atoms with Crippen molar-refractivity contribution in [2.24, 2.45) is 0 Å².